The second kappa shape index (κ2) is 8.06. The van der Waals surface area contributed by atoms with Crippen molar-refractivity contribution in [2.24, 2.45) is 0 Å². The van der Waals surface area contributed by atoms with Crippen LogP contribution in [0.25, 0.3) is 22.4 Å². The molecule has 0 unspecified atom stereocenters. The number of hydrogen-bond donors (Lipinski definition) is 0. The number of ether oxygens (including phenoxy) is 2. The Morgan fingerprint density at radius 2 is 2.10 bits per heavy atom. The zero-order valence-electron chi connectivity index (χ0n) is 15.5. The number of hydrogen-bond acceptors (Lipinski definition) is 6. The highest BCUT2D eigenvalue weighted by atomic mass is 35.5. The Morgan fingerprint density at radius 1 is 1.24 bits per heavy atom. The summed E-state index contributed by atoms with van der Waals surface area (Å²) in [6.07, 6.45) is 3.44. The fourth-order valence-electron chi connectivity index (χ4n) is 2.78. The van der Waals surface area contributed by atoms with E-state index in [0.717, 1.165) is 11.1 Å². The van der Waals surface area contributed by atoms with Crippen molar-refractivity contribution in [3.8, 4) is 22.9 Å². The molecule has 146 valence electrons. The van der Waals surface area contributed by atoms with Gasteiger partial charge in [-0.05, 0) is 35.9 Å². The molecule has 2 aromatic carbocycles. The van der Waals surface area contributed by atoms with Crippen molar-refractivity contribution in [2.75, 3.05) is 13.7 Å². The summed E-state index contributed by atoms with van der Waals surface area (Å²) in [4.78, 5) is 17.7. The Kier molecular flexibility index (Phi) is 5.33. The van der Waals surface area contributed by atoms with Crippen molar-refractivity contribution in [2.45, 2.75) is 0 Å². The van der Waals surface area contributed by atoms with Gasteiger partial charge in [-0.25, -0.2) is 0 Å². The van der Waals surface area contributed by atoms with Crippen LogP contribution >= 0.6 is 22.9 Å². The number of benzene rings is 2. The molecule has 0 aliphatic carbocycles. The summed E-state index contributed by atoms with van der Waals surface area (Å²) >= 11 is 7.30. The molecule has 0 radical (unpaired) electrons. The van der Waals surface area contributed by atoms with Gasteiger partial charge in [0.2, 0.25) is 4.96 Å². The van der Waals surface area contributed by atoms with E-state index in [-0.39, 0.29) is 5.56 Å². The SMILES string of the molecule is C=CCOc1ccc(/C=c2\sc3nc(-c4cccc(Cl)c4)nn3c2=O)cc1OC. The number of thiazole rings is 1. The molecule has 29 heavy (non-hydrogen) atoms. The molecule has 0 spiro atoms. The van der Waals surface area contributed by atoms with E-state index in [1.54, 1.807) is 37.5 Å². The van der Waals surface area contributed by atoms with Crippen LogP contribution in [-0.4, -0.2) is 28.3 Å². The fraction of sp³-hybridized carbons (Fsp3) is 0.0952. The first-order chi connectivity index (χ1) is 14.1. The van der Waals surface area contributed by atoms with Crippen molar-refractivity contribution in [3.05, 3.63) is 80.6 Å². The predicted molar refractivity (Wildman–Crippen MR) is 115 cm³/mol. The van der Waals surface area contributed by atoms with Gasteiger partial charge in [0, 0.05) is 10.6 Å². The van der Waals surface area contributed by atoms with Crippen molar-refractivity contribution < 1.29 is 9.47 Å². The van der Waals surface area contributed by atoms with E-state index >= 15 is 0 Å². The van der Waals surface area contributed by atoms with Crippen molar-refractivity contribution in [1.29, 1.82) is 0 Å². The minimum Gasteiger partial charge on any atom is -0.493 e. The summed E-state index contributed by atoms with van der Waals surface area (Å²) in [7, 11) is 1.57. The lowest BCUT2D eigenvalue weighted by Crippen LogP contribution is -2.23. The molecule has 0 amide bonds. The Balaban J connectivity index is 1.72. The lowest BCUT2D eigenvalue weighted by atomic mass is 10.2. The fourth-order valence-corrected chi connectivity index (χ4v) is 3.87. The smallest absolute Gasteiger partial charge is 0.291 e. The Morgan fingerprint density at radius 3 is 2.83 bits per heavy atom. The van der Waals surface area contributed by atoms with Gasteiger partial charge in [0.1, 0.15) is 6.61 Å². The number of methoxy groups -OCH3 is 1. The van der Waals surface area contributed by atoms with Crippen LogP contribution in [0.15, 0.2) is 59.9 Å². The highest BCUT2D eigenvalue weighted by Crippen LogP contribution is 2.28. The van der Waals surface area contributed by atoms with Crippen molar-refractivity contribution in [1.82, 2.24) is 14.6 Å². The van der Waals surface area contributed by atoms with E-state index in [1.165, 1.54) is 15.9 Å². The van der Waals surface area contributed by atoms with Crippen LogP contribution in [0.5, 0.6) is 11.5 Å². The van der Waals surface area contributed by atoms with Gasteiger partial charge in [-0.1, -0.05) is 53.8 Å². The minimum absolute atomic E-state index is 0.225. The van der Waals surface area contributed by atoms with E-state index in [9.17, 15) is 4.79 Å². The van der Waals surface area contributed by atoms with Gasteiger partial charge < -0.3 is 9.47 Å². The normalized spacial score (nSPS) is 11.7. The van der Waals surface area contributed by atoms with E-state index in [0.29, 0.717) is 38.4 Å². The second-order valence-electron chi connectivity index (χ2n) is 6.07. The summed E-state index contributed by atoms with van der Waals surface area (Å²) in [6, 6.07) is 12.7. The zero-order valence-corrected chi connectivity index (χ0v) is 17.0. The number of nitrogens with zero attached hydrogens (tertiary/aromatic N) is 3. The number of halogens is 1. The molecular weight excluding hydrogens is 410 g/mol. The quantitative estimate of drug-likeness (QED) is 0.442. The molecule has 2 aromatic heterocycles. The van der Waals surface area contributed by atoms with Crippen LogP contribution in [0.4, 0.5) is 0 Å². The van der Waals surface area contributed by atoms with Crippen molar-refractivity contribution in [3.63, 3.8) is 0 Å². The van der Waals surface area contributed by atoms with Crippen LogP contribution < -0.4 is 19.6 Å². The van der Waals surface area contributed by atoms with E-state index in [1.807, 2.05) is 24.3 Å². The lowest BCUT2D eigenvalue weighted by Gasteiger charge is -2.09. The van der Waals surface area contributed by atoms with Crippen LogP contribution in [-0.2, 0) is 0 Å². The monoisotopic (exact) mass is 425 g/mol. The first-order valence-corrected chi connectivity index (χ1v) is 9.87. The van der Waals surface area contributed by atoms with E-state index in [2.05, 4.69) is 16.7 Å². The second-order valence-corrected chi connectivity index (χ2v) is 7.51. The van der Waals surface area contributed by atoms with Gasteiger partial charge in [0.05, 0.1) is 11.6 Å². The Labute approximate surface area is 175 Å². The maximum atomic E-state index is 12.8. The number of rotatable bonds is 6. The molecule has 8 heteroatoms. The largest absolute Gasteiger partial charge is 0.493 e. The maximum Gasteiger partial charge on any atom is 0.291 e. The van der Waals surface area contributed by atoms with Crippen LogP contribution in [0.2, 0.25) is 5.02 Å². The molecule has 0 aliphatic rings. The third-order valence-corrected chi connectivity index (χ3v) is 5.30. The van der Waals surface area contributed by atoms with Gasteiger partial charge in [0.15, 0.2) is 17.3 Å². The highest BCUT2D eigenvalue weighted by Gasteiger charge is 2.12. The number of fused-ring (bicyclic) bond motifs is 1. The molecular formula is C21H16ClN3O3S. The molecule has 0 fully saturated rings. The number of aromatic nitrogens is 3. The molecule has 0 N–H and O–H groups in total. The molecule has 0 bridgehead atoms. The summed E-state index contributed by atoms with van der Waals surface area (Å²) in [5, 5.41) is 4.93. The van der Waals surface area contributed by atoms with Crippen LogP contribution in [0.3, 0.4) is 0 Å². The Bertz CT molecular complexity index is 1310. The summed E-state index contributed by atoms with van der Waals surface area (Å²) in [6.45, 7) is 4.02. The first kappa shape index (κ1) is 19.2. The molecule has 0 atom stereocenters. The molecule has 0 saturated heterocycles. The first-order valence-electron chi connectivity index (χ1n) is 8.68. The van der Waals surface area contributed by atoms with Crippen LogP contribution in [0, 0.1) is 0 Å². The topological polar surface area (TPSA) is 65.7 Å². The minimum atomic E-state index is -0.225. The average Bonchev–Trinajstić information content (AvgIpc) is 3.26. The van der Waals surface area contributed by atoms with E-state index in [4.69, 9.17) is 21.1 Å². The predicted octanol–water partition coefficient (Wildman–Crippen LogP) is 3.59. The molecule has 4 rings (SSSR count). The third kappa shape index (κ3) is 3.87. The van der Waals surface area contributed by atoms with Crippen molar-refractivity contribution >= 4 is 34.0 Å². The standard InChI is InChI=1S/C21H16ClN3O3S/c1-3-9-28-16-8-7-13(10-17(16)27-2)11-18-20(26)25-21(29-18)23-19(24-25)14-5-4-6-15(22)12-14/h3-8,10-12H,1,9H2,2H3/b18-11-. The summed E-state index contributed by atoms with van der Waals surface area (Å²) < 4.78 is 12.8. The van der Waals surface area contributed by atoms with Gasteiger partial charge in [-0.15, -0.1) is 5.10 Å². The van der Waals surface area contributed by atoms with Crippen LogP contribution in [0.1, 0.15) is 5.56 Å². The molecule has 6 nitrogen and oxygen atoms in total. The van der Waals surface area contributed by atoms with Gasteiger partial charge in [-0.3, -0.25) is 4.79 Å². The highest BCUT2D eigenvalue weighted by molar-refractivity contribution is 7.15. The van der Waals surface area contributed by atoms with Gasteiger partial charge in [-0.2, -0.15) is 9.50 Å². The Hall–Kier alpha value is -3.16. The maximum absolute atomic E-state index is 12.8. The molecule has 0 aliphatic heterocycles. The molecule has 4 aromatic rings. The van der Waals surface area contributed by atoms with Gasteiger partial charge in [0.25, 0.3) is 5.56 Å². The van der Waals surface area contributed by atoms with E-state index < -0.39 is 0 Å². The lowest BCUT2D eigenvalue weighted by molar-refractivity contribution is 0.326. The van der Waals surface area contributed by atoms with Gasteiger partial charge >= 0.3 is 0 Å². The molecule has 2 heterocycles. The molecule has 0 saturated carbocycles. The average molecular weight is 426 g/mol. The zero-order chi connectivity index (χ0) is 20.4. The summed E-state index contributed by atoms with van der Waals surface area (Å²) in [5.41, 5.74) is 1.35. The summed E-state index contributed by atoms with van der Waals surface area (Å²) in [5.74, 6) is 1.66. The third-order valence-electron chi connectivity index (χ3n) is 4.11.